The minimum absolute atomic E-state index is 0.0730. The van der Waals surface area contributed by atoms with Crippen molar-refractivity contribution in [3.05, 3.63) is 65.2 Å². The maximum Gasteiger partial charge on any atom is 0.272 e. The maximum atomic E-state index is 15.2. The molecule has 4 rings (SSSR count). The molecule has 0 spiro atoms. The quantitative estimate of drug-likeness (QED) is 0.380. The summed E-state index contributed by atoms with van der Waals surface area (Å²) in [6, 6.07) is 11.6. The van der Waals surface area contributed by atoms with Crippen molar-refractivity contribution in [3.8, 4) is 0 Å². The summed E-state index contributed by atoms with van der Waals surface area (Å²) < 4.78 is 30.4. The fraction of sp³-hybridized carbons (Fsp3) is 0.500. The third kappa shape index (κ3) is 5.82. The molecule has 0 aromatic heterocycles. The lowest BCUT2D eigenvalue weighted by atomic mass is 9.81. The van der Waals surface area contributed by atoms with Gasteiger partial charge in [0.15, 0.2) is 6.10 Å². The second-order valence-electron chi connectivity index (χ2n) is 11.7. The van der Waals surface area contributed by atoms with E-state index in [9.17, 15) is 19.5 Å². The largest absolute Gasteiger partial charge is 0.384 e. The highest BCUT2D eigenvalue weighted by Gasteiger charge is 2.64. The van der Waals surface area contributed by atoms with Gasteiger partial charge in [-0.2, -0.15) is 0 Å². The van der Waals surface area contributed by atoms with Crippen molar-refractivity contribution in [2.45, 2.75) is 64.6 Å². The molecule has 0 aliphatic carbocycles. The lowest BCUT2D eigenvalue weighted by Crippen LogP contribution is -2.58. The molecule has 2 aliphatic rings. The van der Waals surface area contributed by atoms with E-state index >= 15 is 8.78 Å². The van der Waals surface area contributed by atoms with Crippen molar-refractivity contribution in [2.75, 3.05) is 25.0 Å². The number of hydrogen-bond donors (Lipinski definition) is 4. The number of likely N-dealkylation sites (tertiary alicyclic amines) is 1. The summed E-state index contributed by atoms with van der Waals surface area (Å²) in [5.74, 6) is -5.52. The predicted octanol–water partition coefficient (Wildman–Crippen LogP) is 3.00. The molecule has 216 valence electrons. The summed E-state index contributed by atoms with van der Waals surface area (Å²) in [7, 11) is 0. The number of halogens is 2. The molecule has 3 atom stereocenters. The van der Waals surface area contributed by atoms with Crippen LogP contribution in [0.1, 0.15) is 49.2 Å². The molecule has 8 nitrogen and oxygen atoms in total. The number of carbonyl (C=O) groups excluding carboxylic acids is 3. The van der Waals surface area contributed by atoms with Gasteiger partial charge in [-0.15, -0.1) is 0 Å². The predicted molar refractivity (Wildman–Crippen MR) is 148 cm³/mol. The number of nitrogens with one attached hydrogen (secondary N) is 3. The van der Waals surface area contributed by atoms with E-state index in [1.165, 1.54) is 13.8 Å². The molecule has 0 unspecified atom stereocenters. The van der Waals surface area contributed by atoms with E-state index in [1.54, 1.807) is 36.4 Å². The van der Waals surface area contributed by atoms with Gasteiger partial charge in [0, 0.05) is 24.3 Å². The van der Waals surface area contributed by atoms with Crippen molar-refractivity contribution < 1.29 is 28.3 Å². The van der Waals surface area contributed by atoms with Crippen LogP contribution in [-0.2, 0) is 22.4 Å². The minimum atomic E-state index is -3.38. The first-order valence-corrected chi connectivity index (χ1v) is 13.7. The Morgan fingerprint density at radius 3 is 2.48 bits per heavy atom. The smallest absolute Gasteiger partial charge is 0.272 e. The first kappa shape index (κ1) is 29.5. The third-order valence-electron chi connectivity index (χ3n) is 7.88. The fourth-order valence-corrected chi connectivity index (χ4v) is 5.43. The van der Waals surface area contributed by atoms with Crippen molar-refractivity contribution >= 4 is 23.4 Å². The summed E-state index contributed by atoms with van der Waals surface area (Å²) in [6.45, 7) is 6.17. The van der Waals surface area contributed by atoms with Crippen LogP contribution in [0.4, 0.5) is 14.5 Å². The second-order valence-corrected chi connectivity index (χ2v) is 11.7. The van der Waals surface area contributed by atoms with Crippen molar-refractivity contribution in [2.24, 2.45) is 11.3 Å². The Morgan fingerprint density at radius 2 is 1.80 bits per heavy atom. The zero-order chi connectivity index (χ0) is 29.2. The topological polar surface area (TPSA) is 111 Å². The molecule has 2 aromatic rings. The monoisotopic (exact) mass is 556 g/mol. The highest BCUT2D eigenvalue weighted by atomic mass is 19.3. The van der Waals surface area contributed by atoms with E-state index < -0.39 is 53.8 Å². The fourth-order valence-electron chi connectivity index (χ4n) is 5.43. The number of anilines is 1. The summed E-state index contributed by atoms with van der Waals surface area (Å²) in [4.78, 5) is 41.0. The number of fused-ring (bicyclic) bond motifs is 1. The van der Waals surface area contributed by atoms with E-state index in [0.29, 0.717) is 18.5 Å². The zero-order valence-electron chi connectivity index (χ0n) is 23.3. The van der Waals surface area contributed by atoms with Gasteiger partial charge < -0.3 is 26.0 Å². The summed E-state index contributed by atoms with van der Waals surface area (Å²) >= 11 is 0. The number of alkyl halides is 2. The van der Waals surface area contributed by atoms with Crippen LogP contribution in [0.15, 0.2) is 48.5 Å². The number of hydrogen-bond acceptors (Lipinski definition) is 5. The Kier molecular flexibility index (Phi) is 8.49. The van der Waals surface area contributed by atoms with Gasteiger partial charge in [0.05, 0.1) is 18.0 Å². The molecule has 1 fully saturated rings. The molecule has 2 aliphatic heterocycles. The Hall–Kier alpha value is -3.53. The number of rotatable bonds is 9. The Labute approximate surface area is 233 Å². The summed E-state index contributed by atoms with van der Waals surface area (Å²) in [6.07, 6.45) is -1.15. The second kappa shape index (κ2) is 11.5. The van der Waals surface area contributed by atoms with Gasteiger partial charge in [0.2, 0.25) is 5.91 Å². The van der Waals surface area contributed by atoms with Gasteiger partial charge in [-0.3, -0.25) is 14.4 Å². The van der Waals surface area contributed by atoms with Gasteiger partial charge in [-0.1, -0.05) is 64.1 Å². The van der Waals surface area contributed by atoms with Crippen LogP contribution in [0, 0.1) is 11.3 Å². The maximum absolute atomic E-state index is 15.2. The van der Waals surface area contributed by atoms with Gasteiger partial charge >= 0.3 is 0 Å². The van der Waals surface area contributed by atoms with Gasteiger partial charge in [0.25, 0.3) is 17.7 Å². The highest BCUT2D eigenvalue weighted by molar-refractivity contribution is 5.98. The number of nitrogens with zero attached hydrogens (tertiary/aromatic N) is 1. The van der Waals surface area contributed by atoms with Crippen LogP contribution < -0.4 is 16.0 Å². The van der Waals surface area contributed by atoms with Crippen LogP contribution in [0.25, 0.3) is 0 Å². The molecular formula is C30H38F2N4O4. The van der Waals surface area contributed by atoms with Gasteiger partial charge in [-0.05, 0) is 42.0 Å². The number of carbonyl (C=O) groups is 3. The number of benzene rings is 2. The SMILES string of the molecule is CC(C)CNC(=O)[C@H]1N(C(=O)[C@@H](O)[C@H](Cc2ccccc2)NC(=O)c2cccc3c2CCN3)CC(F)(F)C1(C)C. The van der Waals surface area contributed by atoms with E-state index in [2.05, 4.69) is 16.0 Å². The molecule has 2 heterocycles. The average molecular weight is 557 g/mol. The van der Waals surface area contributed by atoms with Crippen molar-refractivity contribution in [1.29, 1.82) is 0 Å². The third-order valence-corrected chi connectivity index (χ3v) is 7.88. The molecule has 2 aromatic carbocycles. The van der Waals surface area contributed by atoms with E-state index in [0.717, 1.165) is 21.7 Å². The highest BCUT2D eigenvalue weighted by Crippen LogP contribution is 2.48. The van der Waals surface area contributed by atoms with Gasteiger partial charge in [-0.25, -0.2) is 8.78 Å². The molecule has 0 saturated carbocycles. The lowest BCUT2D eigenvalue weighted by Gasteiger charge is -2.34. The first-order valence-electron chi connectivity index (χ1n) is 13.7. The Bertz CT molecular complexity index is 1250. The molecule has 0 bridgehead atoms. The van der Waals surface area contributed by atoms with Crippen molar-refractivity contribution in [3.63, 3.8) is 0 Å². The molecule has 4 N–H and O–H groups in total. The number of amides is 3. The van der Waals surface area contributed by atoms with E-state index in [1.807, 2.05) is 26.0 Å². The summed E-state index contributed by atoms with van der Waals surface area (Å²) in [5, 5.41) is 20.0. The minimum Gasteiger partial charge on any atom is -0.384 e. The number of aliphatic hydroxyl groups is 1. The van der Waals surface area contributed by atoms with Crippen LogP contribution >= 0.6 is 0 Å². The molecule has 1 saturated heterocycles. The van der Waals surface area contributed by atoms with Crippen molar-refractivity contribution in [1.82, 2.24) is 15.5 Å². The Morgan fingerprint density at radius 1 is 1.10 bits per heavy atom. The molecule has 10 heteroatoms. The van der Waals surface area contributed by atoms with Crippen LogP contribution in [0.3, 0.4) is 0 Å². The standard InChI is InChI=1S/C30H38F2N4O4/c1-18(2)16-34-27(39)25-29(3,4)30(31,32)17-36(25)28(40)24(37)23(15-19-9-6-5-7-10-19)35-26(38)21-11-8-12-22-20(21)13-14-33-22/h5-12,18,23-25,33,37H,13-17H2,1-4H3,(H,34,39)(H,35,38)/t23-,24-,25+/m0/s1. The molecule has 0 radical (unpaired) electrons. The molecule has 40 heavy (non-hydrogen) atoms. The average Bonchev–Trinajstić information content (AvgIpc) is 3.46. The Balaban J connectivity index is 1.63. The summed E-state index contributed by atoms with van der Waals surface area (Å²) in [5.41, 5.74) is 0.958. The number of aliphatic hydroxyl groups excluding tert-OH is 1. The van der Waals surface area contributed by atoms with Crippen LogP contribution in [0.2, 0.25) is 0 Å². The van der Waals surface area contributed by atoms with E-state index in [4.69, 9.17) is 0 Å². The van der Waals surface area contributed by atoms with E-state index in [-0.39, 0.29) is 18.9 Å². The first-order chi connectivity index (χ1) is 18.8. The van der Waals surface area contributed by atoms with Crippen LogP contribution in [0.5, 0.6) is 0 Å². The van der Waals surface area contributed by atoms with Gasteiger partial charge in [0.1, 0.15) is 6.04 Å². The normalized spacial score (nSPS) is 20.4. The molecular weight excluding hydrogens is 518 g/mol. The lowest BCUT2D eigenvalue weighted by molar-refractivity contribution is -0.148. The van der Waals surface area contributed by atoms with Crippen LogP contribution in [-0.4, -0.2) is 71.5 Å². The molecule has 3 amide bonds. The zero-order valence-corrected chi connectivity index (χ0v) is 23.3.